The van der Waals surface area contributed by atoms with Gasteiger partial charge < -0.3 is 20.5 Å². The summed E-state index contributed by atoms with van der Waals surface area (Å²) < 4.78 is 2.14. The lowest BCUT2D eigenvalue weighted by Crippen LogP contribution is -2.38. The van der Waals surface area contributed by atoms with Gasteiger partial charge in [-0.2, -0.15) is 0 Å². The van der Waals surface area contributed by atoms with Crippen LogP contribution in [0.3, 0.4) is 0 Å². The van der Waals surface area contributed by atoms with E-state index < -0.39 is 5.91 Å². The molecule has 1 aliphatic heterocycles. The summed E-state index contributed by atoms with van der Waals surface area (Å²) in [6, 6.07) is 6.04. The molecule has 1 aromatic carbocycles. The summed E-state index contributed by atoms with van der Waals surface area (Å²) in [6.45, 7) is 3.53. The number of nitrogens with one attached hydrogen (secondary N) is 2. The highest BCUT2D eigenvalue weighted by Crippen LogP contribution is 2.24. The van der Waals surface area contributed by atoms with Crippen molar-refractivity contribution in [3.8, 4) is 0 Å². The van der Waals surface area contributed by atoms with E-state index in [1.807, 2.05) is 12.1 Å². The Hall–Kier alpha value is -3.17. The summed E-state index contributed by atoms with van der Waals surface area (Å²) in [5.74, 6) is 0.602. The maximum absolute atomic E-state index is 11.4. The van der Waals surface area contributed by atoms with Gasteiger partial charge in [-0.15, -0.1) is 0 Å². The number of aryl methyl sites for hydroxylation is 1. The van der Waals surface area contributed by atoms with Gasteiger partial charge in [-0.3, -0.25) is 10.0 Å². The molecule has 5 N–H and O–H groups in total. The van der Waals surface area contributed by atoms with Crippen LogP contribution in [0.1, 0.15) is 28.8 Å². The van der Waals surface area contributed by atoms with E-state index in [2.05, 4.69) is 44.1 Å². The Morgan fingerprint density at radius 3 is 2.70 bits per heavy atom. The van der Waals surface area contributed by atoms with Crippen molar-refractivity contribution >= 4 is 28.4 Å². The van der Waals surface area contributed by atoms with Crippen molar-refractivity contribution in [2.75, 3.05) is 30.3 Å². The van der Waals surface area contributed by atoms with Crippen molar-refractivity contribution in [3.63, 3.8) is 0 Å². The molecule has 0 bridgehead atoms. The van der Waals surface area contributed by atoms with Gasteiger partial charge in [-0.1, -0.05) is 0 Å². The van der Waals surface area contributed by atoms with E-state index in [0.717, 1.165) is 44.7 Å². The summed E-state index contributed by atoms with van der Waals surface area (Å²) in [7, 11) is 2.06. The van der Waals surface area contributed by atoms with E-state index in [4.69, 9.17) is 10.9 Å². The summed E-state index contributed by atoms with van der Waals surface area (Å²) in [5.41, 5.74) is 11.0. The Labute approximate surface area is 174 Å². The molecule has 3 heterocycles. The van der Waals surface area contributed by atoms with E-state index in [1.54, 1.807) is 5.48 Å². The quantitative estimate of drug-likeness (QED) is 0.278. The number of aromatic nitrogens is 3. The number of nitrogen functional groups attached to an aromatic ring is 1. The van der Waals surface area contributed by atoms with Crippen LogP contribution in [0.15, 0.2) is 36.8 Å². The van der Waals surface area contributed by atoms with E-state index >= 15 is 0 Å². The molecule has 0 atom stereocenters. The lowest BCUT2D eigenvalue weighted by molar-refractivity contribution is 0.0705. The number of rotatable bonds is 6. The molecule has 1 amide bonds. The topological polar surface area (TPSA) is 121 Å². The van der Waals surface area contributed by atoms with Crippen LogP contribution in [-0.2, 0) is 13.6 Å². The Morgan fingerprint density at radius 2 is 2.00 bits per heavy atom. The lowest BCUT2D eigenvalue weighted by atomic mass is 9.97. The molecule has 1 saturated heterocycles. The number of nitrogens with zero attached hydrogens (tertiary/aromatic N) is 4. The number of fused-ring (bicyclic) bond motifs is 1. The minimum atomic E-state index is -0.611. The first-order valence-electron chi connectivity index (χ1n) is 10.1. The minimum absolute atomic E-state index is 0.232. The molecule has 0 unspecified atom stereocenters. The zero-order chi connectivity index (χ0) is 21.1. The molecule has 4 rings (SSSR count). The molecule has 3 aromatic rings. The maximum atomic E-state index is 11.4. The van der Waals surface area contributed by atoms with Crippen molar-refractivity contribution in [3.05, 3.63) is 47.9 Å². The third kappa shape index (κ3) is 4.22. The fourth-order valence-electron chi connectivity index (χ4n) is 4.05. The summed E-state index contributed by atoms with van der Waals surface area (Å²) in [4.78, 5) is 22.0. The number of amides is 1. The first-order chi connectivity index (χ1) is 14.5. The van der Waals surface area contributed by atoms with E-state index in [-0.39, 0.29) is 5.56 Å². The average molecular weight is 409 g/mol. The van der Waals surface area contributed by atoms with Gasteiger partial charge in [0.1, 0.15) is 0 Å². The summed E-state index contributed by atoms with van der Waals surface area (Å²) in [5, 5.41) is 13.5. The number of hydrogen-bond acceptors (Lipinski definition) is 7. The summed E-state index contributed by atoms with van der Waals surface area (Å²) >= 11 is 0. The standard InChI is InChI=1S/C21H27N7O2/c1-27-13-16(18-8-17(22)2-3-19(18)27)10-23-9-14-4-6-28(7-5-14)21-24-11-15(12-25-21)20(29)26-30/h2-3,8,11-14,23,30H,4-7,9-10,22H2,1H3,(H,26,29). The molecule has 0 radical (unpaired) electrons. The van der Waals surface area contributed by atoms with Crippen LogP contribution in [0, 0.1) is 5.92 Å². The average Bonchev–Trinajstić information content (AvgIpc) is 3.08. The van der Waals surface area contributed by atoms with Crippen LogP contribution >= 0.6 is 0 Å². The number of nitrogens with two attached hydrogens (primary N) is 1. The molecule has 9 heteroatoms. The van der Waals surface area contributed by atoms with Crippen LogP contribution in [0.5, 0.6) is 0 Å². The molecular weight excluding hydrogens is 382 g/mol. The molecule has 0 aliphatic carbocycles. The van der Waals surface area contributed by atoms with Gasteiger partial charge in [0, 0.05) is 61.9 Å². The second-order valence-corrected chi connectivity index (χ2v) is 7.82. The van der Waals surface area contributed by atoms with E-state index in [0.29, 0.717) is 11.9 Å². The molecule has 158 valence electrons. The number of benzene rings is 1. The Morgan fingerprint density at radius 1 is 1.27 bits per heavy atom. The maximum Gasteiger partial charge on any atom is 0.277 e. The van der Waals surface area contributed by atoms with Gasteiger partial charge in [-0.05, 0) is 49.1 Å². The molecule has 0 saturated carbocycles. The Kier molecular flexibility index (Phi) is 5.82. The van der Waals surface area contributed by atoms with Crippen molar-refractivity contribution < 1.29 is 10.0 Å². The number of hydroxylamine groups is 1. The molecule has 30 heavy (non-hydrogen) atoms. The Bertz CT molecular complexity index is 1020. The largest absolute Gasteiger partial charge is 0.399 e. The molecule has 2 aromatic heterocycles. The highest BCUT2D eigenvalue weighted by atomic mass is 16.5. The lowest BCUT2D eigenvalue weighted by Gasteiger charge is -2.32. The van der Waals surface area contributed by atoms with Crippen LogP contribution in [-0.4, -0.2) is 45.3 Å². The third-order valence-electron chi connectivity index (χ3n) is 5.74. The highest BCUT2D eigenvalue weighted by molar-refractivity contribution is 5.92. The van der Waals surface area contributed by atoms with Crippen LogP contribution < -0.4 is 21.4 Å². The minimum Gasteiger partial charge on any atom is -0.399 e. The predicted octanol–water partition coefficient (Wildman–Crippen LogP) is 1.68. The van der Waals surface area contributed by atoms with E-state index in [9.17, 15) is 4.79 Å². The van der Waals surface area contributed by atoms with Gasteiger partial charge in [-0.25, -0.2) is 15.4 Å². The fraction of sp³-hybridized carbons (Fsp3) is 0.381. The fourth-order valence-corrected chi connectivity index (χ4v) is 4.05. The zero-order valence-electron chi connectivity index (χ0n) is 17.0. The van der Waals surface area contributed by atoms with Gasteiger partial charge in [0.25, 0.3) is 5.91 Å². The van der Waals surface area contributed by atoms with Crippen molar-refractivity contribution in [1.29, 1.82) is 0 Å². The monoisotopic (exact) mass is 409 g/mol. The van der Waals surface area contributed by atoms with Crippen molar-refractivity contribution in [1.82, 2.24) is 25.3 Å². The van der Waals surface area contributed by atoms with Gasteiger partial charge in [0.15, 0.2) is 0 Å². The number of hydrogen-bond donors (Lipinski definition) is 4. The first-order valence-corrected chi connectivity index (χ1v) is 10.1. The number of anilines is 2. The highest BCUT2D eigenvalue weighted by Gasteiger charge is 2.21. The number of carbonyl (C=O) groups excluding carboxylic acids is 1. The first kappa shape index (κ1) is 20.1. The summed E-state index contributed by atoms with van der Waals surface area (Å²) in [6.07, 6.45) is 7.13. The van der Waals surface area contributed by atoms with Crippen LogP contribution in [0.2, 0.25) is 0 Å². The predicted molar refractivity (Wildman–Crippen MR) is 115 cm³/mol. The zero-order valence-corrected chi connectivity index (χ0v) is 17.0. The van der Waals surface area contributed by atoms with Gasteiger partial charge >= 0.3 is 0 Å². The SMILES string of the molecule is Cn1cc(CNCC2CCN(c3ncc(C(=O)NO)cn3)CC2)c2cc(N)ccc21. The molecular formula is C21H27N7O2. The van der Waals surface area contributed by atoms with Crippen molar-refractivity contribution in [2.45, 2.75) is 19.4 Å². The smallest absolute Gasteiger partial charge is 0.277 e. The molecule has 1 fully saturated rings. The van der Waals surface area contributed by atoms with Crippen LogP contribution in [0.25, 0.3) is 10.9 Å². The van der Waals surface area contributed by atoms with Gasteiger partial charge in [0.05, 0.1) is 5.56 Å². The molecule has 9 nitrogen and oxygen atoms in total. The molecule has 1 aliphatic rings. The molecule has 0 spiro atoms. The Balaban J connectivity index is 1.27. The number of carbonyl (C=O) groups is 1. The second kappa shape index (κ2) is 8.68. The van der Waals surface area contributed by atoms with Gasteiger partial charge in [0.2, 0.25) is 5.95 Å². The normalized spacial score (nSPS) is 14.9. The van der Waals surface area contributed by atoms with E-state index in [1.165, 1.54) is 28.9 Å². The second-order valence-electron chi connectivity index (χ2n) is 7.82. The third-order valence-corrected chi connectivity index (χ3v) is 5.74. The number of piperidine rings is 1. The van der Waals surface area contributed by atoms with Crippen molar-refractivity contribution in [2.24, 2.45) is 13.0 Å². The van der Waals surface area contributed by atoms with Crippen LogP contribution in [0.4, 0.5) is 11.6 Å².